The number of imidazole rings is 1. The number of amides is 1. The molecule has 1 saturated heterocycles. The summed E-state index contributed by atoms with van der Waals surface area (Å²) in [6.07, 6.45) is 1.61. The Bertz CT molecular complexity index is 1380. The second kappa shape index (κ2) is 13.4. The van der Waals surface area contributed by atoms with E-state index < -0.39 is 9.84 Å². The molecule has 1 aromatic heterocycles. The van der Waals surface area contributed by atoms with Crippen LogP contribution >= 0.6 is 0 Å². The van der Waals surface area contributed by atoms with Gasteiger partial charge in [-0.1, -0.05) is 38.1 Å². The van der Waals surface area contributed by atoms with Crippen LogP contribution < -0.4 is 4.74 Å². The molecule has 1 fully saturated rings. The Morgan fingerprint density at radius 2 is 1.80 bits per heavy atom. The zero-order valence-electron chi connectivity index (χ0n) is 23.9. The van der Waals surface area contributed by atoms with Crippen molar-refractivity contribution in [1.82, 2.24) is 19.4 Å². The lowest BCUT2D eigenvalue weighted by Gasteiger charge is -2.30. The summed E-state index contributed by atoms with van der Waals surface area (Å²) in [5.41, 5.74) is 2.92. The Labute approximate surface area is 237 Å². The molecule has 9 nitrogen and oxygen atoms in total. The maximum absolute atomic E-state index is 13.7. The molecule has 0 atom stereocenters. The molecule has 0 spiro atoms. The first kappa shape index (κ1) is 29.8. The van der Waals surface area contributed by atoms with Crippen molar-refractivity contribution in [1.29, 1.82) is 0 Å². The summed E-state index contributed by atoms with van der Waals surface area (Å²) < 4.78 is 39.7. The monoisotopic (exact) mass is 568 g/mol. The highest BCUT2D eigenvalue weighted by Gasteiger charge is 2.27. The van der Waals surface area contributed by atoms with Crippen LogP contribution in [-0.2, 0) is 33.4 Å². The fourth-order valence-electron chi connectivity index (χ4n) is 4.82. The number of sulfone groups is 1. The van der Waals surface area contributed by atoms with Gasteiger partial charge in [0.05, 0.1) is 44.5 Å². The molecule has 2 aromatic carbocycles. The van der Waals surface area contributed by atoms with Crippen LogP contribution in [0.25, 0.3) is 0 Å². The Morgan fingerprint density at radius 3 is 2.45 bits per heavy atom. The van der Waals surface area contributed by atoms with Gasteiger partial charge in [-0.15, -0.1) is 0 Å². The van der Waals surface area contributed by atoms with Crippen molar-refractivity contribution in [2.24, 2.45) is 5.92 Å². The van der Waals surface area contributed by atoms with E-state index in [1.165, 1.54) is 0 Å². The van der Waals surface area contributed by atoms with Gasteiger partial charge in [0.1, 0.15) is 5.75 Å². The van der Waals surface area contributed by atoms with Gasteiger partial charge in [-0.2, -0.15) is 0 Å². The zero-order chi connectivity index (χ0) is 28.7. The number of morpholine rings is 1. The van der Waals surface area contributed by atoms with Crippen molar-refractivity contribution < 1.29 is 22.7 Å². The highest BCUT2D eigenvalue weighted by atomic mass is 32.2. The Morgan fingerprint density at radius 1 is 1.10 bits per heavy atom. The summed E-state index contributed by atoms with van der Waals surface area (Å²) >= 11 is 0. The molecule has 1 aliphatic heterocycles. The smallest absolute Gasteiger partial charge is 0.254 e. The lowest BCUT2D eigenvalue weighted by atomic mass is 10.1. The predicted octanol–water partition coefficient (Wildman–Crippen LogP) is 3.80. The Balaban J connectivity index is 1.64. The van der Waals surface area contributed by atoms with Crippen LogP contribution in [-0.4, -0.2) is 80.2 Å². The summed E-state index contributed by atoms with van der Waals surface area (Å²) in [6, 6.07) is 14.5. The van der Waals surface area contributed by atoms with Gasteiger partial charge in [-0.05, 0) is 48.2 Å². The van der Waals surface area contributed by atoms with E-state index in [1.807, 2.05) is 45.0 Å². The van der Waals surface area contributed by atoms with Gasteiger partial charge in [-0.3, -0.25) is 9.69 Å². The van der Waals surface area contributed by atoms with E-state index in [0.717, 1.165) is 24.2 Å². The van der Waals surface area contributed by atoms with Crippen LogP contribution in [0.15, 0.2) is 59.9 Å². The summed E-state index contributed by atoms with van der Waals surface area (Å²) in [7, 11) is -2.13. The molecule has 0 aliphatic carbocycles. The summed E-state index contributed by atoms with van der Waals surface area (Å²) in [5, 5.41) is 0.0458. The standard InChI is InChI=1S/C30H40N4O5S/c1-23(2)20-34-27(19-31-30(34)40(36,37)22-26-8-6-5-7-24(26)3)21-33(14-13-32-15-17-39-18-16-32)29(35)25-9-11-28(38-4)12-10-25/h5-12,19,23H,13-18,20-22H2,1-4H3. The molecular weight excluding hydrogens is 528 g/mol. The van der Waals surface area contributed by atoms with Crippen molar-refractivity contribution >= 4 is 15.7 Å². The maximum atomic E-state index is 13.7. The average Bonchev–Trinajstić information content (AvgIpc) is 3.34. The van der Waals surface area contributed by atoms with Gasteiger partial charge in [-0.25, -0.2) is 13.4 Å². The van der Waals surface area contributed by atoms with Gasteiger partial charge < -0.3 is 18.9 Å². The average molecular weight is 569 g/mol. The number of methoxy groups -OCH3 is 1. The van der Waals surface area contributed by atoms with Crippen molar-refractivity contribution in [2.45, 2.75) is 44.8 Å². The van der Waals surface area contributed by atoms with Gasteiger partial charge >= 0.3 is 0 Å². The predicted molar refractivity (Wildman–Crippen MR) is 154 cm³/mol. The zero-order valence-corrected chi connectivity index (χ0v) is 24.7. The van der Waals surface area contributed by atoms with E-state index in [9.17, 15) is 13.2 Å². The van der Waals surface area contributed by atoms with Gasteiger partial charge in [0, 0.05) is 38.3 Å². The quantitative estimate of drug-likeness (QED) is 0.328. The summed E-state index contributed by atoms with van der Waals surface area (Å²) in [5.74, 6) is 0.603. The van der Waals surface area contributed by atoms with Crippen molar-refractivity contribution in [2.75, 3.05) is 46.5 Å². The van der Waals surface area contributed by atoms with Crippen LogP contribution in [0, 0.1) is 12.8 Å². The number of aryl methyl sites for hydroxylation is 1. The number of aromatic nitrogens is 2. The van der Waals surface area contributed by atoms with Crippen LogP contribution in [0.1, 0.15) is 41.0 Å². The molecule has 0 bridgehead atoms. The fourth-order valence-corrected chi connectivity index (χ4v) is 6.42. The van der Waals surface area contributed by atoms with Gasteiger partial charge in [0.15, 0.2) is 0 Å². The van der Waals surface area contributed by atoms with Crippen LogP contribution in [0.2, 0.25) is 0 Å². The van der Waals surface area contributed by atoms with Crippen molar-refractivity contribution in [3.8, 4) is 5.75 Å². The highest BCUT2D eigenvalue weighted by Crippen LogP contribution is 2.22. The van der Waals surface area contributed by atoms with E-state index in [1.54, 1.807) is 47.0 Å². The number of hydrogen-bond donors (Lipinski definition) is 0. The SMILES string of the molecule is COc1ccc(C(=O)N(CCN2CCOCC2)Cc2cnc(S(=O)(=O)Cc3ccccc3C)n2CC(C)C)cc1. The summed E-state index contributed by atoms with van der Waals surface area (Å²) in [6.45, 7) is 10.9. The first-order valence-electron chi connectivity index (χ1n) is 13.7. The third kappa shape index (κ3) is 7.50. The molecule has 0 saturated carbocycles. The number of carbonyl (C=O) groups excluding carboxylic acids is 1. The molecule has 2 heterocycles. The molecule has 10 heteroatoms. The maximum Gasteiger partial charge on any atom is 0.254 e. The number of ether oxygens (including phenoxy) is 2. The van der Waals surface area contributed by atoms with Crippen molar-refractivity contribution in [3.63, 3.8) is 0 Å². The molecule has 216 valence electrons. The van der Waals surface area contributed by atoms with E-state index in [4.69, 9.17) is 9.47 Å². The number of rotatable bonds is 12. The summed E-state index contributed by atoms with van der Waals surface area (Å²) in [4.78, 5) is 22.2. The molecule has 3 aromatic rings. The molecule has 0 radical (unpaired) electrons. The lowest BCUT2D eigenvalue weighted by molar-refractivity contribution is 0.0319. The molecule has 1 amide bonds. The third-order valence-electron chi connectivity index (χ3n) is 7.10. The fraction of sp³-hybridized carbons (Fsp3) is 0.467. The molecule has 0 N–H and O–H groups in total. The number of benzene rings is 2. The molecule has 0 unspecified atom stereocenters. The Kier molecular flexibility index (Phi) is 9.99. The molecule has 1 aliphatic rings. The Hall–Kier alpha value is -3.21. The van der Waals surface area contributed by atoms with E-state index in [-0.39, 0.29) is 29.3 Å². The minimum Gasteiger partial charge on any atom is -0.497 e. The van der Waals surface area contributed by atoms with Crippen molar-refractivity contribution in [3.05, 3.63) is 77.1 Å². The molecular formula is C30H40N4O5S. The van der Waals surface area contributed by atoms with E-state index in [0.29, 0.717) is 49.9 Å². The second-order valence-corrected chi connectivity index (χ2v) is 12.5. The normalized spacial score (nSPS) is 14.4. The van der Waals surface area contributed by atoms with Crippen LogP contribution in [0.4, 0.5) is 0 Å². The molecule has 4 rings (SSSR count). The van der Waals surface area contributed by atoms with Gasteiger partial charge in [0.25, 0.3) is 5.91 Å². The lowest BCUT2D eigenvalue weighted by Crippen LogP contribution is -2.43. The molecule has 40 heavy (non-hydrogen) atoms. The number of nitrogens with zero attached hydrogens (tertiary/aromatic N) is 4. The first-order valence-corrected chi connectivity index (χ1v) is 15.4. The number of hydrogen-bond acceptors (Lipinski definition) is 7. The van der Waals surface area contributed by atoms with Gasteiger partial charge in [0.2, 0.25) is 15.0 Å². The highest BCUT2D eigenvalue weighted by molar-refractivity contribution is 7.90. The topological polar surface area (TPSA) is 94.0 Å². The minimum atomic E-state index is -3.72. The van der Waals surface area contributed by atoms with Crippen LogP contribution in [0.5, 0.6) is 5.75 Å². The minimum absolute atomic E-state index is 0.0458. The van der Waals surface area contributed by atoms with Crippen LogP contribution in [0.3, 0.4) is 0 Å². The largest absolute Gasteiger partial charge is 0.497 e. The second-order valence-electron chi connectivity index (χ2n) is 10.6. The number of carbonyl (C=O) groups is 1. The van der Waals surface area contributed by atoms with E-state index in [2.05, 4.69) is 9.88 Å². The first-order chi connectivity index (χ1) is 19.2. The van der Waals surface area contributed by atoms with E-state index >= 15 is 0 Å². The third-order valence-corrected chi connectivity index (χ3v) is 8.67.